The Morgan fingerprint density at radius 3 is 2.42 bits per heavy atom. The van der Waals surface area contributed by atoms with Crippen molar-refractivity contribution in [1.82, 2.24) is 0 Å². The van der Waals surface area contributed by atoms with Crippen LogP contribution >= 0.6 is 0 Å². The number of fused-ring (bicyclic) bond motifs is 1. The molecule has 3 rings (SSSR count). The average molecular weight is 250 g/mol. The summed E-state index contributed by atoms with van der Waals surface area (Å²) in [6, 6.07) is 15.5. The fourth-order valence-corrected chi connectivity index (χ4v) is 1.97. The molecule has 0 atom stereocenters. The topological polar surface area (TPSA) is 47.3 Å². The molecule has 0 N–H and O–H groups in total. The van der Waals surface area contributed by atoms with Crippen molar-refractivity contribution >= 4 is 17.3 Å². The number of benzene rings is 2. The van der Waals surface area contributed by atoms with Gasteiger partial charge in [0.2, 0.25) is 0 Å². The molecule has 0 aliphatic carbocycles. The lowest BCUT2D eigenvalue weighted by molar-refractivity contribution is 0.112. The molecule has 0 aliphatic heterocycles. The SMILES string of the molecule is O=Cc1ccc(-c2cc(=O)c3ccccc3o2)cc1. The Morgan fingerprint density at radius 1 is 0.947 bits per heavy atom. The molecule has 0 aliphatic rings. The van der Waals surface area contributed by atoms with Gasteiger partial charge in [-0.25, -0.2) is 0 Å². The van der Waals surface area contributed by atoms with Gasteiger partial charge in [0.1, 0.15) is 17.6 Å². The molecule has 3 nitrogen and oxygen atoms in total. The summed E-state index contributed by atoms with van der Waals surface area (Å²) in [5.41, 5.74) is 1.85. The first-order valence-corrected chi connectivity index (χ1v) is 5.86. The Hall–Kier alpha value is -2.68. The van der Waals surface area contributed by atoms with Gasteiger partial charge in [0, 0.05) is 17.2 Å². The first-order valence-electron chi connectivity index (χ1n) is 5.86. The van der Waals surface area contributed by atoms with Crippen molar-refractivity contribution in [3.63, 3.8) is 0 Å². The van der Waals surface area contributed by atoms with E-state index in [1.54, 1.807) is 42.5 Å². The molecule has 3 aromatic rings. The molecule has 2 aromatic carbocycles. The molecule has 0 spiro atoms. The molecule has 0 unspecified atom stereocenters. The summed E-state index contributed by atoms with van der Waals surface area (Å²) in [5, 5.41) is 0.566. The maximum Gasteiger partial charge on any atom is 0.193 e. The fraction of sp³-hybridized carbons (Fsp3) is 0. The fourth-order valence-electron chi connectivity index (χ4n) is 1.97. The van der Waals surface area contributed by atoms with Crippen molar-refractivity contribution in [2.45, 2.75) is 0 Å². The summed E-state index contributed by atoms with van der Waals surface area (Å²) in [4.78, 5) is 22.6. The van der Waals surface area contributed by atoms with Crippen LogP contribution in [0.5, 0.6) is 0 Å². The van der Waals surface area contributed by atoms with Crippen LogP contribution in [0, 0.1) is 0 Å². The molecule has 1 aromatic heterocycles. The van der Waals surface area contributed by atoms with Gasteiger partial charge in [0.15, 0.2) is 5.43 Å². The molecule has 0 fully saturated rings. The van der Waals surface area contributed by atoms with E-state index >= 15 is 0 Å². The molecule has 0 saturated heterocycles. The third-order valence-electron chi connectivity index (χ3n) is 2.97. The van der Waals surface area contributed by atoms with E-state index in [0.717, 1.165) is 11.8 Å². The standard InChI is InChI=1S/C16H10O3/c17-10-11-5-7-12(8-6-11)16-9-14(18)13-3-1-2-4-15(13)19-16/h1-10H. The van der Waals surface area contributed by atoms with Crippen LogP contribution in [0.3, 0.4) is 0 Å². The normalized spacial score (nSPS) is 10.5. The number of hydrogen-bond donors (Lipinski definition) is 0. The average Bonchev–Trinajstić information content (AvgIpc) is 2.47. The zero-order chi connectivity index (χ0) is 13.2. The van der Waals surface area contributed by atoms with E-state index in [1.807, 2.05) is 6.07 Å². The zero-order valence-corrected chi connectivity index (χ0v) is 10.00. The van der Waals surface area contributed by atoms with Crippen molar-refractivity contribution in [1.29, 1.82) is 0 Å². The first kappa shape index (κ1) is 11.4. The number of aldehydes is 1. The highest BCUT2D eigenvalue weighted by atomic mass is 16.3. The third-order valence-corrected chi connectivity index (χ3v) is 2.97. The number of carbonyl (C=O) groups excluding carboxylic acids is 1. The highest BCUT2D eigenvalue weighted by Gasteiger charge is 2.06. The lowest BCUT2D eigenvalue weighted by Gasteiger charge is -2.03. The Kier molecular flexibility index (Phi) is 2.72. The Balaban J connectivity index is 2.19. The maximum absolute atomic E-state index is 12.0. The third kappa shape index (κ3) is 2.06. The van der Waals surface area contributed by atoms with E-state index in [1.165, 1.54) is 6.07 Å². The summed E-state index contributed by atoms with van der Waals surface area (Å²) in [6.45, 7) is 0. The highest BCUT2D eigenvalue weighted by Crippen LogP contribution is 2.22. The Morgan fingerprint density at radius 2 is 1.68 bits per heavy atom. The molecule has 3 heteroatoms. The summed E-state index contributed by atoms with van der Waals surface area (Å²) >= 11 is 0. The van der Waals surface area contributed by atoms with Crippen LogP contribution in [0.4, 0.5) is 0 Å². The van der Waals surface area contributed by atoms with Crippen molar-refractivity contribution in [3.05, 3.63) is 70.4 Å². The molecule has 0 amide bonds. The number of hydrogen-bond acceptors (Lipinski definition) is 3. The monoisotopic (exact) mass is 250 g/mol. The van der Waals surface area contributed by atoms with Crippen molar-refractivity contribution < 1.29 is 9.21 Å². The maximum atomic E-state index is 12.0. The van der Waals surface area contributed by atoms with Crippen LogP contribution in [0.2, 0.25) is 0 Å². The predicted molar refractivity (Wildman–Crippen MR) is 73.3 cm³/mol. The van der Waals surface area contributed by atoms with Crippen molar-refractivity contribution in [2.24, 2.45) is 0 Å². The largest absolute Gasteiger partial charge is 0.456 e. The van der Waals surface area contributed by atoms with Gasteiger partial charge >= 0.3 is 0 Å². The van der Waals surface area contributed by atoms with Crippen molar-refractivity contribution in [3.8, 4) is 11.3 Å². The minimum Gasteiger partial charge on any atom is -0.456 e. The summed E-state index contributed by atoms with van der Waals surface area (Å²) in [7, 11) is 0. The zero-order valence-electron chi connectivity index (χ0n) is 10.00. The van der Waals surface area contributed by atoms with E-state index in [9.17, 15) is 9.59 Å². The Bertz CT molecular complexity index is 798. The molecular weight excluding hydrogens is 240 g/mol. The lowest BCUT2D eigenvalue weighted by atomic mass is 10.1. The van der Waals surface area contributed by atoms with Gasteiger partial charge in [-0.2, -0.15) is 0 Å². The first-order chi connectivity index (χ1) is 9.28. The molecule has 92 valence electrons. The molecular formula is C16H10O3. The molecule has 19 heavy (non-hydrogen) atoms. The van der Waals surface area contributed by atoms with Gasteiger partial charge in [-0.15, -0.1) is 0 Å². The second kappa shape index (κ2) is 4.53. The molecule has 0 radical (unpaired) electrons. The van der Waals surface area contributed by atoms with Crippen LogP contribution in [0.15, 0.2) is 63.8 Å². The number of rotatable bonds is 2. The van der Waals surface area contributed by atoms with Crippen LogP contribution in [0.25, 0.3) is 22.3 Å². The van der Waals surface area contributed by atoms with Gasteiger partial charge < -0.3 is 4.42 Å². The van der Waals surface area contributed by atoms with Gasteiger partial charge in [-0.3, -0.25) is 9.59 Å². The quantitative estimate of drug-likeness (QED) is 0.656. The van der Waals surface area contributed by atoms with Crippen molar-refractivity contribution in [2.75, 3.05) is 0 Å². The smallest absolute Gasteiger partial charge is 0.193 e. The minimum absolute atomic E-state index is 0.0729. The van der Waals surface area contributed by atoms with Crippen LogP contribution < -0.4 is 5.43 Å². The minimum atomic E-state index is -0.0729. The predicted octanol–water partition coefficient (Wildman–Crippen LogP) is 3.27. The van der Waals surface area contributed by atoms with E-state index in [2.05, 4.69) is 0 Å². The van der Waals surface area contributed by atoms with E-state index < -0.39 is 0 Å². The second-order valence-electron chi connectivity index (χ2n) is 4.21. The molecule has 1 heterocycles. The summed E-state index contributed by atoms with van der Waals surface area (Å²) < 4.78 is 5.71. The van der Waals surface area contributed by atoms with Gasteiger partial charge in [-0.05, 0) is 12.1 Å². The second-order valence-corrected chi connectivity index (χ2v) is 4.21. The van der Waals surface area contributed by atoms with Crippen LogP contribution in [-0.4, -0.2) is 6.29 Å². The van der Waals surface area contributed by atoms with Gasteiger partial charge in [0.05, 0.1) is 5.39 Å². The lowest BCUT2D eigenvalue weighted by Crippen LogP contribution is -1.99. The Labute approximate surface area is 109 Å². The van der Waals surface area contributed by atoms with Crippen LogP contribution in [-0.2, 0) is 0 Å². The molecule has 0 bridgehead atoms. The van der Waals surface area contributed by atoms with Gasteiger partial charge in [0.25, 0.3) is 0 Å². The van der Waals surface area contributed by atoms with E-state index in [0.29, 0.717) is 22.3 Å². The van der Waals surface area contributed by atoms with E-state index in [4.69, 9.17) is 4.42 Å². The van der Waals surface area contributed by atoms with Gasteiger partial charge in [-0.1, -0.05) is 36.4 Å². The number of para-hydroxylation sites is 1. The summed E-state index contributed by atoms with van der Waals surface area (Å²) in [5.74, 6) is 0.501. The highest BCUT2D eigenvalue weighted by molar-refractivity contribution is 5.79. The number of carbonyl (C=O) groups is 1. The molecule has 0 saturated carbocycles. The van der Waals surface area contributed by atoms with E-state index in [-0.39, 0.29) is 5.43 Å². The summed E-state index contributed by atoms with van der Waals surface area (Å²) in [6.07, 6.45) is 0.778. The van der Waals surface area contributed by atoms with Crippen LogP contribution in [0.1, 0.15) is 10.4 Å².